The Labute approximate surface area is 117 Å². The van der Waals surface area contributed by atoms with Crippen LogP contribution in [-0.2, 0) is 7.05 Å². The van der Waals surface area contributed by atoms with E-state index >= 15 is 0 Å². The Morgan fingerprint density at radius 3 is 2.79 bits per heavy atom. The minimum Gasteiger partial charge on any atom is -0.478 e. The van der Waals surface area contributed by atoms with Gasteiger partial charge in [0.05, 0.1) is 0 Å². The summed E-state index contributed by atoms with van der Waals surface area (Å²) in [5.74, 6) is -1.75. The fourth-order valence-corrected chi connectivity index (χ4v) is 1.97. The Morgan fingerprint density at radius 1 is 1.42 bits per heavy atom. The number of aryl methyl sites for hydroxylation is 1. The maximum atomic E-state index is 12.0. The Balaban J connectivity index is 2.28. The second-order valence-corrected chi connectivity index (χ2v) is 4.75. The standard InChI is InChI=1S/C12H10BrN3O3/c1-16-6-9(12(18)19)10(15-16)11(17)14-8-4-2-3-7(13)5-8/h2-6H,1H3,(H,14,17)(H,18,19). The number of aromatic carboxylic acids is 1. The number of nitrogens with one attached hydrogen (secondary N) is 1. The molecule has 0 spiro atoms. The van der Waals surface area contributed by atoms with Crippen LogP contribution in [0.2, 0.25) is 0 Å². The summed E-state index contributed by atoms with van der Waals surface area (Å²) in [6.45, 7) is 0. The SMILES string of the molecule is Cn1cc(C(=O)O)c(C(=O)Nc2cccc(Br)c2)n1. The van der Waals surface area contributed by atoms with Crippen molar-refractivity contribution < 1.29 is 14.7 Å². The molecule has 0 radical (unpaired) electrons. The van der Waals surface area contributed by atoms with Gasteiger partial charge in [0, 0.05) is 23.4 Å². The van der Waals surface area contributed by atoms with Crippen molar-refractivity contribution in [2.24, 2.45) is 7.05 Å². The number of benzene rings is 1. The second-order valence-electron chi connectivity index (χ2n) is 3.83. The number of carboxylic acids is 1. The van der Waals surface area contributed by atoms with E-state index in [1.54, 1.807) is 25.2 Å². The molecule has 0 bridgehead atoms. The zero-order chi connectivity index (χ0) is 14.0. The fraction of sp³-hybridized carbons (Fsp3) is 0.0833. The number of nitrogens with zero attached hydrogens (tertiary/aromatic N) is 2. The number of rotatable bonds is 3. The normalized spacial score (nSPS) is 10.2. The minimum atomic E-state index is -1.19. The summed E-state index contributed by atoms with van der Waals surface area (Å²) in [7, 11) is 1.56. The van der Waals surface area contributed by atoms with Crippen molar-refractivity contribution in [3.8, 4) is 0 Å². The molecule has 2 aromatic rings. The van der Waals surface area contributed by atoms with Crippen LogP contribution in [0.25, 0.3) is 0 Å². The summed E-state index contributed by atoms with van der Waals surface area (Å²) in [6, 6.07) is 6.99. The van der Waals surface area contributed by atoms with Crippen LogP contribution in [-0.4, -0.2) is 26.8 Å². The monoisotopic (exact) mass is 323 g/mol. The number of amides is 1. The highest BCUT2D eigenvalue weighted by atomic mass is 79.9. The molecule has 0 fully saturated rings. The zero-order valence-corrected chi connectivity index (χ0v) is 11.5. The van der Waals surface area contributed by atoms with Gasteiger partial charge in [-0.25, -0.2) is 4.79 Å². The van der Waals surface area contributed by atoms with E-state index in [-0.39, 0.29) is 11.3 Å². The van der Waals surface area contributed by atoms with Gasteiger partial charge in [0.2, 0.25) is 0 Å². The highest BCUT2D eigenvalue weighted by molar-refractivity contribution is 9.10. The van der Waals surface area contributed by atoms with Gasteiger partial charge in [0.1, 0.15) is 5.56 Å². The molecule has 0 aliphatic heterocycles. The lowest BCUT2D eigenvalue weighted by Gasteiger charge is -2.04. The van der Waals surface area contributed by atoms with Crippen molar-refractivity contribution in [2.45, 2.75) is 0 Å². The minimum absolute atomic E-state index is 0.116. The predicted octanol–water partition coefficient (Wildman–Crippen LogP) is 2.13. The quantitative estimate of drug-likeness (QED) is 0.906. The Hall–Kier alpha value is -2.15. The third kappa shape index (κ3) is 3.00. The Morgan fingerprint density at radius 2 is 2.16 bits per heavy atom. The number of carbonyl (C=O) groups excluding carboxylic acids is 1. The first-order valence-corrected chi connectivity index (χ1v) is 6.10. The van der Waals surface area contributed by atoms with Crippen LogP contribution in [0.5, 0.6) is 0 Å². The summed E-state index contributed by atoms with van der Waals surface area (Å²) in [4.78, 5) is 23.0. The number of hydrogen-bond acceptors (Lipinski definition) is 3. The molecular weight excluding hydrogens is 314 g/mol. The van der Waals surface area contributed by atoms with E-state index in [9.17, 15) is 9.59 Å². The molecule has 98 valence electrons. The van der Waals surface area contributed by atoms with Crippen LogP contribution >= 0.6 is 15.9 Å². The first-order chi connectivity index (χ1) is 8.97. The number of carbonyl (C=O) groups is 2. The number of halogens is 1. The summed E-state index contributed by atoms with van der Waals surface area (Å²) < 4.78 is 2.10. The van der Waals surface area contributed by atoms with Crippen molar-refractivity contribution in [3.63, 3.8) is 0 Å². The van der Waals surface area contributed by atoms with Crippen molar-refractivity contribution in [2.75, 3.05) is 5.32 Å². The zero-order valence-electron chi connectivity index (χ0n) is 9.92. The summed E-state index contributed by atoms with van der Waals surface area (Å²) in [6.07, 6.45) is 1.29. The van der Waals surface area contributed by atoms with Gasteiger partial charge in [-0.2, -0.15) is 5.10 Å². The van der Waals surface area contributed by atoms with Gasteiger partial charge in [0.25, 0.3) is 5.91 Å². The summed E-state index contributed by atoms with van der Waals surface area (Å²) in [5.41, 5.74) is 0.311. The predicted molar refractivity (Wildman–Crippen MR) is 72.3 cm³/mol. The number of anilines is 1. The number of hydrogen-bond donors (Lipinski definition) is 2. The molecule has 19 heavy (non-hydrogen) atoms. The van der Waals surface area contributed by atoms with Crippen molar-refractivity contribution in [3.05, 3.63) is 46.2 Å². The number of carboxylic acid groups (broad SMARTS) is 1. The second kappa shape index (κ2) is 5.23. The van der Waals surface area contributed by atoms with E-state index in [0.717, 1.165) is 4.47 Å². The number of aromatic nitrogens is 2. The van der Waals surface area contributed by atoms with E-state index in [4.69, 9.17) is 5.11 Å². The lowest BCUT2D eigenvalue weighted by atomic mass is 10.2. The molecule has 1 heterocycles. The summed E-state index contributed by atoms with van der Waals surface area (Å²) >= 11 is 3.28. The average Bonchev–Trinajstić information content (AvgIpc) is 2.71. The first-order valence-electron chi connectivity index (χ1n) is 5.31. The fourth-order valence-electron chi connectivity index (χ4n) is 1.57. The van der Waals surface area contributed by atoms with Crippen LogP contribution < -0.4 is 5.32 Å². The van der Waals surface area contributed by atoms with Gasteiger partial charge in [-0.05, 0) is 18.2 Å². The van der Waals surface area contributed by atoms with Crippen LogP contribution in [0.3, 0.4) is 0 Å². The van der Waals surface area contributed by atoms with E-state index < -0.39 is 11.9 Å². The maximum Gasteiger partial charge on any atom is 0.339 e. The molecule has 7 heteroatoms. The van der Waals surface area contributed by atoms with Crippen molar-refractivity contribution >= 4 is 33.5 Å². The molecule has 2 rings (SSSR count). The smallest absolute Gasteiger partial charge is 0.339 e. The lowest BCUT2D eigenvalue weighted by Crippen LogP contribution is -2.16. The first kappa shape index (κ1) is 13.3. The molecule has 2 N–H and O–H groups in total. The van der Waals surface area contributed by atoms with Crippen LogP contribution in [0, 0.1) is 0 Å². The van der Waals surface area contributed by atoms with Crippen LogP contribution in [0.4, 0.5) is 5.69 Å². The highest BCUT2D eigenvalue weighted by Gasteiger charge is 2.21. The molecule has 0 saturated carbocycles. The molecule has 1 amide bonds. The molecule has 0 saturated heterocycles. The van der Waals surface area contributed by atoms with Gasteiger partial charge >= 0.3 is 5.97 Å². The summed E-state index contributed by atoms with van der Waals surface area (Å²) in [5, 5.41) is 15.5. The molecule has 0 atom stereocenters. The lowest BCUT2D eigenvalue weighted by molar-refractivity contribution is 0.0692. The third-order valence-corrected chi connectivity index (χ3v) is 2.85. The van der Waals surface area contributed by atoms with Gasteiger partial charge < -0.3 is 10.4 Å². The molecule has 0 aliphatic carbocycles. The Kier molecular flexibility index (Phi) is 3.66. The van der Waals surface area contributed by atoms with Gasteiger partial charge in [-0.1, -0.05) is 22.0 Å². The van der Waals surface area contributed by atoms with Gasteiger partial charge in [-0.3, -0.25) is 9.48 Å². The molecule has 6 nitrogen and oxygen atoms in total. The largest absolute Gasteiger partial charge is 0.478 e. The molecular formula is C12H10BrN3O3. The Bertz CT molecular complexity index is 651. The average molecular weight is 324 g/mol. The molecule has 0 unspecified atom stereocenters. The van der Waals surface area contributed by atoms with E-state index in [2.05, 4.69) is 26.3 Å². The molecule has 1 aromatic carbocycles. The maximum absolute atomic E-state index is 12.0. The van der Waals surface area contributed by atoms with E-state index in [1.807, 2.05) is 6.07 Å². The topological polar surface area (TPSA) is 84.2 Å². The van der Waals surface area contributed by atoms with Crippen molar-refractivity contribution in [1.29, 1.82) is 0 Å². The van der Waals surface area contributed by atoms with Gasteiger partial charge in [-0.15, -0.1) is 0 Å². The van der Waals surface area contributed by atoms with Crippen LogP contribution in [0.15, 0.2) is 34.9 Å². The van der Waals surface area contributed by atoms with E-state index in [0.29, 0.717) is 5.69 Å². The highest BCUT2D eigenvalue weighted by Crippen LogP contribution is 2.17. The van der Waals surface area contributed by atoms with Crippen molar-refractivity contribution in [1.82, 2.24) is 9.78 Å². The van der Waals surface area contributed by atoms with Crippen LogP contribution in [0.1, 0.15) is 20.8 Å². The van der Waals surface area contributed by atoms with Gasteiger partial charge in [0.15, 0.2) is 5.69 Å². The van der Waals surface area contributed by atoms with E-state index in [1.165, 1.54) is 10.9 Å². The third-order valence-electron chi connectivity index (χ3n) is 2.36. The molecule has 1 aromatic heterocycles. The molecule has 0 aliphatic rings.